The van der Waals surface area contributed by atoms with Crippen molar-refractivity contribution in [3.63, 3.8) is 0 Å². The molecule has 0 N–H and O–H groups in total. The van der Waals surface area contributed by atoms with Crippen molar-refractivity contribution < 1.29 is 0 Å². The van der Waals surface area contributed by atoms with Crippen LogP contribution in [0.1, 0.15) is 16.7 Å². The van der Waals surface area contributed by atoms with Crippen LogP contribution in [0, 0.1) is 20.8 Å². The van der Waals surface area contributed by atoms with E-state index >= 15 is 0 Å². The zero-order valence-corrected chi connectivity index (χ0v) is 49.3. The molecular formula is C80H62BN7. The molecule has 8 heteroatoms. The summed E-state index contributed by atoms with van der Waals surface area (Å²) < 4.78 is 0. The summed E-state index contributed by atoms with van der Waals surface area (Å²) in [6.45, 7) is 6.54. The Morgan fingerprint density at radius 3 is 1.15 bits per heavy atom. The number of anilines is 18. The Labute approximate surface area is 516 Å². The van der Waals surface area contributed by atoms with Crippen LogP contribution in [0.5, 0.6) is 0 Å². The summed E-state index contributed by atoms with van der Waals surface area (Å²) in [6, 6.07) is 116. The van der Waals surface area contributed by atoms with E-state index in [9.17, 15) is 0 Å². The summed E-state index contributed by atoms with van der Waals surface area (Å²) in [7, 11) is 0. The molecule has 15 rings (SSSR count). The Hall–Kier alpha value is -11.3. The minimum absolute atomic E-state index is 0.187. The van der Waals surface area contributed by atoms with Crippen LogP contribution in [0.2, 0.25) is 0 Å². The smallest absolute Gasteiger partial charge is 0.254 e. The third kappa shape index (κ3) is 9.48. The molecule has 3 heterocycles. The lowest BCUT2D eigenvalue weighted by molar-refractivity contribution is 1.10. The molecule has 12 aromatic carbocycles. The van der Waals surface area contributed by atoms with Crippen molar-refractivity contribution in [2.24, 2.45) is 0 Å². The maximum absolute atomic E-state index is 6.25. The van der Waals surface area contributed by atoms with Gasteiger partial charge in [-0.2, -0.15) is 0 Å². The highest BCUT2D eigenvalue weighted by molar-refractivity contribution is 7.00. The lowest BCUT2D eigenvalue weighted by atomic mass is 9.33. The predicted molar refractivity (Wildman–Crippen MR) is 371 cm³/mol. The highest BCUT2D eigenvalue weighted by atomic mass is 15.3. The first-order valence-electron chi connectivity index (χ1n) is 30.2. The molecule has 2 aliphatic rings. The molecule has 420 valence electrons. The Kier molecular flexibility index (Phi) is 13.9. The molecule has 0 atom stereocenters. The van der Waals surface area contributed by atoms with E-state index < -0.39 is 0 Å². The van der Waals surface area contributed by atoms with Gasteiger partial charge in [0.25, 0.3) is 6.71 Å². The first kappa shape index (κ1) is 53.4. The van der Waals surface area contributed by atoms with Crippen LogP contribution in [-0.2, 0) is 0 Å². The number of hydrogen-bond donors (Lipinski definition) is 0. The molecule has 0 unspecified atom stereocenters. The maximum Gasteiger partial charge on any atom is 0.254 e. The molecule has 7 nitrogen and oxygen atoms in total. The van der Waals surface area contributed by atoms with Gasteiger partial charge in [-0.25, -0.2) is 4.98 Å². The Balaban J connectivity index is 1.03. The van der Waals surface area contributed by atoms with E-state index in [1.54, 1.807) is 0 Å². The third-order valence-corrected chi connectivity index (χ3v) is 17.1. The van der Waals surface area contributed by atoms with Gasteiger partial charge in [0.05, 0.1) is 22.7 Å². The first-order chi connectivity index (χ1) is 43.5. The molecule has 0 radical (unpaired) electrons. The van der Waals surface area contributed by atoms with Gasteiger partial charge in [0, 0.05) is 68.2 Å². The van der Waals surface area contributed by atoms with Crippen LogP contribution in [0.4, 0.5) is 103 Å². The SMILES string of the molecule is Cc1ccccc1N(c1ccccc1)c1cc(N(c2ccccc2)c2ccccc2)cc(N(c2ccccc2)c2nc3c(cc2C)B2c4ccccc4N(c4ccccc4)c4cc(N(c5ccccc5)c5ccccc5)cc(c42)N3c2ccccc2)c1C. The fraction of sp³-hybridized carbons (Fsp3) is 0.0375. The normalized spacial score (nSPS) is 12.0. The second-order valence-corrected chi connectivity index (χ2v) is 22.5. The van der Waals surface area contributed by atoms with E-state index in [2.05, 4.69) is 372 Å². The fourth-order valence-electron chi connectivity index (χ4n) is 13.2. The molecule has 0 saturated heterocycles. The number of rotatable bonds is 14. The van der Waals surface area contributed by atoms with Gasteiger partial charge >= 0.3 is 0 Å². The lowest BCUT2D eigenvalue weighted by Crippen LogP contribution is -2.61. The Bertz CT molecular complexity index is 4540. The molecule has 0 aliphatic carbocycles. The second kappa shape index (κ2) is 22.9. The quantitative estimate of drug-likeness (QED) is 0.100. The van der Waals surface area contributed by atoms with Gasteiger partial charge in [-0.15, -0.1) is 0 Å². The average molecular weight is 1130 g/mol. The number of aryl methyl sites for hydroxylation is 2. The summed E-state index contributed by atoms with van der Waals surface area (Å²) in [5.41, 5.74) is 23.5. The molecule has 0 amide bonds. The topological polar surface area (TPSA) is 32.3 Å². The number of benzene rings is 12. The molecule has 88 heavy (non-hydrogen) atoms. The summed E-state index contributed by atoms with van der Waals surface area (Å²) in [5.74, 6) is 1.67. The summed E-state index contributed by atoms with van der Waals surface area (Å²) in [4.78, 5) is 20.8. The van der Waals surface area contributed by atoms with E-state index in [-0.39, 0.29) is 6.71 Å². The molecule has 1 aromatic heterocycles. The fourth-order valence-corrected chi connectivity index (χ4v) is 13.2. The number of hydrogen-bond acceptors (Lipinski definition) is 7. The van der Waals surface area contributed by atoms with Crippen LogP contribution in [0.25, 0.3) is 0 Å². The summed E-state index contributed by atoms with van der Waals surface area (Å²) in [5, 5.41) is 0. The van der Waals surface area contributed by atoms with Crippen LogP contribution in [0.3, 0.4) is 0 Å². The van der Waals surface area contributed by atoms with Gasteiger partial charge in [-0.1, -0.05) is 188 Å². The van der Waals surface area contributed by atoms with Gasteiger partial charge < -0.3 is 19.6 Å². The highest BCUT2D eigenvalue weighted by Gasteiger charge is 2.45. The molecule has 0 spiro atoms. The standard InChI is InChI=1S/C80H62BN7/c1-57-32-28-30-50-72(57)85(64-41-20-8-21-42-64)74-53-68(83(60-33-12-4-13-34-60)61-35-14-5-15-36-61)54-75(59(74)3)87(66-45-24-10-25-46-66)79-58(2)52-71-80(82-79)88(67-47-26-11-27-48-67)77-56-69(84(62-37-16-6-17-38-62)63-39-18-7-19-40-63)55-76-78(77)81(71)70-49-29-31-51-73(70)86(76)65-43-22-9-23-44-65/h4-56H,1-3H3. The summed E-state index contributed by atoms with van der Waals surface area (Å²) in [6.07, 6.45) is 0. The number of nitrogens with zero attached hydrogens (tertiary/aromatic N) is 7. The average Bonchev–Trinajstić information content (AvgIpc) is 0.900. The second-order valence-electron chi connectivity index (χ2n) is 22.5. The molecular weight excluding hydrogens is 1070 g/mol. The number of pyridine rings is 1. The van der Waals surface area contributed by atoms with Crippen LogP contribution < -0.4 is 45.8 Å². The number of para-hydroxylation sites is 10. The van der Waals surface area contributed by atoms with Crippen LogP contribution >= 0.6 is 0 Å². The lowest BCUT2D eigenvalue weighted by Gasteiger charge is -2.45. The van der Waals surface area contributed by atoms with Crippen molar-refractivity contribution in [1.82, 2.24) is 4.98 Å². The zero-order chi connectivity index (χ0) is 59.1. The van der Waals surface area contributed by atoms with Gasteiger partial charge in [-0.3, -0.25) is 9.80 Å². The highest BCUT2D eigenvalue weighted by Crippen LogP contribution is 2.52. The largest absolute Gasteiger partial charge is 0.311 e. The molecule has 0 bridgehead atoms. The number of fused-ring (bicyclic) bond motifs is 4. The zero-order valence-electron chi connectivity index (χ0n) is 49.3. The van der Waals surface area contributed by atoms with Crippen molar-refractivity contribution in [1.29, 1.82) is 0 Å². The number of aromatic nitrogens is 1. The molecule has 13 aromatic rings. The van der Waals surface area contributed by atoms with Crippen molar-refractivity contribution in [2.75, 3.05) is 29.4 Å². The Morgan fingerprint density at radius 1 is 0.284 bits per heavy atom. The Morgan fingerprint density at radius 2 is 0.659 bits per heavy atom. The van der Waals surface area contributed by atoms with Gasteiger partial charge in [0.15, 0.2) is 0 Å². The van der Waals surface area contributed by atoms with Gasteiger partial charge in [-0.05, 0) is 187 Å². The monoisotopic (exact) mass is 1130 g/mol. The van der Waals surface area contributed by atoms with E-state index in [0.29, 0.717) is 0 Å². The van der Waals surface area contributed by atoms with Crippen LogP contribution in [0.15, 0.2) is 322 Å². The molecule has 0 fully saturated rings. The minimum Gasteiger partial charge on any atom is -0.311 e. The third-order valence-electron chi connectivity index (χ3n) is 17.1. The van der Waals surface area contributed by atoms with E-state index in [1.807, 2.05) is 0 Å². The summed E-state index contributed by atoms with van der Waals surface area (Å²) >= 11 is 0. The van der Waals surface area contributed by atoms with E-state index in [1.165, 1.54) is 10.9 Å². The molecule has 0 saturated carbocycles. The van der Waals surface area contributed by atoms with E-state index in [0.717, 1.165) is 125 Å². The van der Waals surface area contributed by atoms with Crippen molar-refractivity contribution in [3.05, 3.63) is 338 Å². The van der Waals surface area contributed by atoms with Crippen molar-refractivity contribution >= 4 is 126 Å². The van der Waals surface area contributed by atoms with Crippen molar-refractivity contribution in [2.45, 2.75) is 20.8 Å². The first-order valence-corrected chi connectivity index (χ1v) is 30.2. The van der Waals surface area contributed by atoms with Crippen LogP contribution in [-0.4, -0.2) is 11.7 Å². The minimum atomic E-state index is -0.187. The predicted octanol–water partition coefficient (Wildman–Crippen LogP) is 20.0. The van der Waals surface area contributed by atoms with Gasteiger partial charge in [0.2, 0.25) is 0 Å². The van der Waals surface area contributed by atoms with Crippen molar-refractivity contribution in [3.8, 4) is 0 Å². The van der Waals surface area contributed by atoms with E-state index in [4.69, 9.17) is 4.98 Å². The molecule has 2 aliphatic heterocycles. The maximum atomic E-state index is 6.25. The van der Waals surface area contributed by atoms with Gasteiger partial charge in [0.1, 0.15) is 11.6 Å².